The van der Waals surface area contributed by atoms with Crippen molar-refractivity contribution in [1.29, 1.82) is 0 Å². The van der Waals surface area contributed by atoms with Crippen LogP contribution < -0.4 is 0 Å². The van der Waals surface area contributed by atoms with Gasteiger partial charge in [-0.05, 0) is 13.3 Å². The van der Waals surface area contributed by atoms with Crippen LogP contribution in [-0.4, -0.2) is 19.5 Å². The van der Waals surface area contributed by atoms with Gasteiger partial charge in [0.1, 0.15) is 5.78 Å². The molecule has 2 nitrogen and oxygen atoms in total. The van der Waals surface area contributed by atoms with Crippen LogP contribution in [0.2, 0.25) is 0 Å². The molecule has 1 aliphatic rings. The maximum absolute atomic E-state index is 12.0. The van der Waals surface area contributed by atoms with Gasteiger partial charge < -0.3 is 4.74 Å². The van der Waals surface area contributed by atoms with Crippen LogP contribution in [0.1, 0.15) is 27.2 Å². The number of methoxy groups -OCH3 is 1. The Kier molecular flexibility index (Phi) is 4.28. The summed E-state index contributed by atoms with van der Waals surface area (Å²) in [6.45, 7) is 6.64. The van der Waals surface area contributed by atoms with E-state index in [0.717, 1.165) is 6.42 Å². The van der Waals surface area contributed by atoms with Gasteiger partial charge in [-0.2, -0.15) is 0 Å². The Bertz CT molecular complexity index is 298. The van der Waals surface area contributed by atoms with Crippen molar-refractivity contribution >= 4 is 5.78 Å². The average molecular weight is 208 g/mol. The molecule has 0 aromatic carbocycles. The van der Waals surface area contributed by atoms with Crippen LogP contribution in [0.5, 0.6) is 0 Å². The van der Waals surface area contributed by atoms with E-state index in [2.05, 4.69) is 12.2 Å². The zero-order valence-corrected chi connectivity index (χ0v) is 10.0. The second-order valence-corrected chi connectivity index (χ2v) is 4.39. The monoisotopic (exact) mass is 208 g/mol. The molecule has 0 N–H and O–H groups in total. The molecule has 1 rings (SSSR count). The highest BCUT2D eigenvalue weighted by molar-refractivity contribution is 5.89. The Balaban J connectivity index is 2.71. The fourth-order valence-electron chi connectivity index (χ4n) is 1.91. The smallest absolute Gasteiger partial charge is 0.146 e. The number of carbonyl (C=O) groups excluding carboxylic acids is 1. The predicted molar refractivity (Wildman–Crippen MR) is 61.7 cm³/mol. The number of rotatable bonds is 5. The fraction of sp³-hybridized carbons (Fsp3) is 0.615. The van der Waals surface area contributed by atoms with Gasteiger partial charge in [0.05, 0.1) is 5.92 Å². The van der Waals surface area contributed by atoms with Gasteiger partial charge in [-0.25, -0.2) is 0 Å². The van der Waals surface area contributed by atoms with Crippen molar-refractivity contribution in [3.8, 4) is 0 Å². The van der Waals surface area contributed by atoms with Crippen LogP contribution in [0.25, 0.3) is 0 Å². The minimum atomic E-state index is 0.0140. The molecule has 0 amide bonds. The zero-order chi connectivity index (χ0) is 11.4. The molecule has 0 bridgehead atoms. The lowest BCUT2D eigenvalue weighted by atomic mass is 9.85. The molecule has 84 valence electrons. The van der Waals surface area contributed by atoms with Crippen molar-refractivity contribution in [2.45, 2.75) is 27.2 Å². The lowest BCUT2D eigenvalue weighted by Gasteiger charge is -2.18. The van der Waals surface area contributed by atoms with E-state index in [-0.39, 0.29) is 11.8 Å². The van der Waals surface area contributed by atoms with Crippen molar-refractivity contribution in [3.05, 3.63) is 23.3 Å². The van der Waals surface area contributed by atoms with E-state index in [1.807, 2.05) is 20.8 Å². The van der Waals surface area contributed by atoms with Gasteiger partial charge in [-0.1, -0.05) is 37.1 Å². The van der Waals surface area contributed by atoms with Crippen molar-refractivity contribution in [1.82, 2.24) is 0 Å². The Morgan fingerprint density at radius 3 is 2.67 bits per heavy atom. The summed E-state index contributed by atoms with van der Waals surface area (Å²) in [6, 6.07) is 0. The quantitative estimate of drug-likeness (QED) is 0.694. The fourth-order valence-corrected chi connectivity index (χ4v) is 1.91. The number of Topliss-reactive ketones (excluding diaryl/α,β-unsaturated/α-hetero) is 1. The van der Waals surface area contributed by atoms with Gasteiger partial charge in [0.2, 0.25) is 0 Å². The third-order valence-electron chi connectivity index (χ3n) is 2.83. The van der Waals surface area contributed by atoms with E-state index in [0.29, 0.717) is 12.4 Å². The van der Waals surface area contributed by atoms with Crippen LogP contribution in [0.4, 0.5) is 0 Å². The van der Waals surface area contributed by atoms with Crippen molar-refractivity contribution in [2.75, 3.05) is 13.7 Å². The summed E-state index contributed by atoms with van der Waals surface area (Å²) < 4.78 is 5.05. The minimum absolute atomic E-state index is 0.0140. The standard InChI is InChI=1S/C13H20O2/c1-9(2)13(14)12-10(3)5-6-11(12)7-8-15-4/h5-6,9,12H,7-8H2,1-4H3. The summed E-state index contributed by atoms with van der Waals surface area (Å²) in [4.78, 5) is 12.0. The molecule has 0 spiro atoms. The zero-order valence-electron chi connectivity index (χ0n) is 10.0. The number of allylic oxidation sites excluding steroid dienone is 3. The van der Waals surface area contributed by atoms with E-state index in [9.17, 15) is 4.79 Å². The second-order valence-electron chi connectivity index (χ2n) is 4.39. The molecule has 0 aromatic rings. The van der Waals surface area contributed by atoms with Gasteiger partial charge in [0, 0.05) is 19.6 Å². The van der Waals surface area contributed by atoms with Gasteiger partial charge in [0.25, 0.3) is 0 Å². The Morgan fingerprint density at radius 1 is 1.47 bits per heavy atom. The summed E-state index contributed by atoms with van der Waals surface area (Å²) in [5.41, 5.74) is 2.37. The van der Waals surface area contributed by atoms with Crippen LogP contribution >= 0.6 is 0 Å². The molecule has 0 radical (unpaired) electrons. The van der Waals surface area contributed by atoms with Crippen LogP contribution in [-0.2, 0) is 9.53 Å². The van der Waals surface area contributed by atoms with E-state index in [4.69, 9.17) is 4.74 Å². The SMILES string of the molecule is COCCC1=CC=C(C)C1C(=O)C(C)C. The number of carbonyl (C=O) groups is 1. The molecular formula is C13H20O2. The van der Waals surface area contributed by atoms with Gasteiger partial charge in [0.15, 0.2) is 0 Å². The molecule has 0 fully saturated rings. The molecule has 1 aliphatic carbocycles. The first-order valence-electron chi connectivity index (χ1n) is 5.47. The van der Waals surface area contributed by atoms with Crippen LogP contribution in [0, 0.1) is 11.8 Å². The largest absolute Gasteiger partial charge is 0.384 e. The second kappa shape index (κ2) is 5.26. The summed E-state index contributed by atoms with van der Waals surface area (Å²) in [5.74, 6) is 0.436. The first-order valence-corrected chi connectivity index (χ1v) is 5.47. The third-order valence-corrected chi connectivity index (χ3v) is 2.83. The summed E-state index contributed by atoms with van der Waals surface area (Å²) in [7, 11) is 1.69. The maximum atomic E-state index is 12.0. The Hall–Kier alpha value is -0.890. The number of ketones is 1. The summed E-state index contributed by atoms with van der Waals surface area (Å²) in [6.07, 6.45) is 4.97. The molecule has 15 heavy (non-hydrogen) atoms. The minimum Gasteiger partial charge on any atom is -0.384 e. The van der Waals surface area contributed by atoms with Crippen molar-refractivity contribution in [3.63, 3.8) is 0 Å². The number of hydrogen-bond donors (Lipinski definition) is 0. The van der Waals surface area contributed by atoms with Gasteiger partial charge >= 0.3 is 0 Å². The Labute approximate surface area is 92.0 Å². The molecule has 0 aromatic heterocycles. The van der Waals surface area contributed by atoms with E-state index in [1.54, 1.807) is 7.11 Å². The van der Waals surface area contributed by atoms with Crippen LogP contribution in [0.3, 0.4) is 0 Å². The first kappa shape index (κ1) is 12.2. The van der Waals surface area contributed by atoms with E-state index >= 15 is 0 Å². The molecule has 0 aliphatic heterocycles. The van der Waals surface area contributed by atoms with Crippen molar-refractivity contribution < 1.29 is 9.53 Å². The van der Waals surface area contributed by atoms with E-state index in [1.165, 1.54) is 11.1 Å². The normalized spacial score (nSPS) is 20.5. The van der Waals surface area contributed by atoms with Crippen LogP contribution in [0.15, 0.2) is 23.3 Å². The maximum Gasteiger partial charge on any atom is 0.146 e. The topological polar surface area (TPSA) is 26.3 Å². The average Bonchev–Trinajstić information content (AvgIpc) is 2.55. The highest BCUT2D eigenvalue weighted by atomic mass is 16.5. The summed E-state index contributed by atoms with van der Waals surface area (Å²) >= 11 is 0. The highest BCUT2D eigenvalue weighted by Crippen LogP contribution is 2.31. The molecule has 1 atom stereocenters. The number of hydrogen-bond acceptors (Lipinski definition) is 2. The first-order chi connectivity index (χ1) is 7.07. The Morgan fingerprint density at radius 2 is 2.13 bits per heavy atom. The molecule has 1 unspecified atom stereocenters. The van der Waals surface area contributed by atoms with Crippen molar-refractivity contribution in [2.24, 2.45) is 11.8 Å². The van der Waals surface area contributed by atoms with E-state index < -0.39 is 0 Å². The summed E-state index contributed by atoms with van der Waals surface area (Å²) in [5, 5.41) is 0. The molecule has 0 saturated heterocycles. The molecular weight excluding hydrogens is 188 g/mol. The van der Waals surface area contributed by atoms with Gasteiger partial charge in [-0.15, -0.1) is 0 Å². The third kappa shape index (κ3) is 2.78. The highest BCUT2D eigenvalue weighted by Gasteiger charge is 2.28. The molecule has 0 heterocycles. The lowest BCUT2D eigenvalue weighted by molar-refractivity contribution is -0.123. The predicted octanol–water partition coefficient (Wildman–Crippen LogP) is 2.75. The molecule has 2 heteroatoms. The van der Waals surface area contributed by atoms with Gasteiger partial charge in [-0.3, -0.25) is 4.79 Å². The molecule has 0 saturated carbocycles. The lowest BCUT2D eigenvalue weighted by Crippen LogP contribution is -2.21. The number of ether oxygens (including phenoxy) is 1.